The number of benzene rings is 2. The summed E-state index contributed by atoms with van der Waals surface area (Å²) in [6, 6.07) is 14.3. The predicted molar refractivity (Wildman–Crippen MR) is 126 cm³/mol. The van der Waals surface area contributed by atoms with Gasteiger partial charge in [-0.2, -0.15) is 8.42 Å². The Balaban J connectivity index is 1.77. The van der Waals surface area contributed by atoms with E-state index in [1.807, 2.05) is 55.3 Å². The van der Waals surface area contributed by atoms with Crippen molar-refractivity contribution in [3.8, 4) is 0 Å². The normalized spacial score (nSPS) is 19.8. The van der Waals surface area contributed by atoms with Crippen molar-refractivity contribution in [2.45, 2.75) is 11.8 Å². The fourth-order valence-corrected chi connectivity index (χ4v) is 5.65. The van der Waals surface area contributed by atoms with Crippen LogP contribution in [0.2, 0.25) is 0 Å². The fourth-order valence-electron chi connectivity index (χ4n) is 3.36. The number of nitrogens with zero attached hydrogens (tertiary/aromatic N) is 3. The van der Waals surface area contributed by atoms with Crippen LogP contribution in [0.1, 0.15) is 11.1 Å². The van der Waals surface area contributed by atoms with Crippen LogP contribution < -0.4 is 4.90 Å². The zero-order valence-electron chi connectivity index (χ0n) is 17.1. The molecule has 0 aromatic heterocycles. The zero-order chi connectivity index (χ0) is 22.2. The second kappa shape index (κ2) is 8.20. The quantitative estimate of drug-likeness (QED) is 0.515. The predicted octanol–water partition coefficient (Wildman–Crippen LogP) is 4.18. The van der Waals surface area contributed by atoms with E-state index in [0.29, 0.717) is 10.6 Å². The molecule has 0 saturated carbocycles. The molecule has 158 valence electrons. The van der Waals surface area contributed by atoms with Crippen LogP contribution in [0.5, 0.6) is 0 Å². The Hall–Kier alpha value is -3.10. The maximum Gasteiger partial charge on any atom is 0.284 e. The summed E-state index contributed by atoms with van der Waals surface area (Å²) < 4.78 is 29.7. The molecule has 2 aromatic carbocycles. The summed E-state index contributed by atoms with van der Waals surface area (Å²) in [7, 11) is -2.08. The van der Waals surface area contributed by atoms with Gasteiger partial charge in [-0.3, -0.25) is 9.69 Å². The summed E-state index contributed by atoms with van der Waals surface area (Å²) in [5.74, 6) is -0.298. The van der Waals surface area contributed by atoms with Gasteiger partial charge in [-0.25, -0.2) is 0 Å². The molecule has 0 aliphatic carbocycles. The van der Waals surface area contributed by atoms with E-state index in [-0.39, 0.29) is 22.5 Å². The summed E-state index contributed by atoms with van der Waals surface area (Å²) in [4.78, 5) is 17.0. The highest BCUT2D eigenvalue weighted by molar-refractivity contribution is 8.19. The third-order valence-electron chi connectivity index (χ3n) is 5.01. The molecule has 2 aliphatic rings. The number of carbonyl (C=O) groups excluding carboxylic acids is 1. The van der Waals surface area contributed by atoms with Gasteiger partial charge < -0.3 is 4.90 Å². The van der Waals surface area contributed by atoms with Crippen molar-refractivity contribution in [1.82, 2.24) is 4.90 Å². The van der Waals surface area contributed by atoms with Crippen LogP contribution in [0.15, 0.2) is 87.2 Å². The van der Waals surface area contributed by atoms with Crippen molar-refractivity contribution in [2.75, 3.05) is 18.5 Å². The third kappa shape index (κ3) is 3.96. The minimum Gasteiger partial charge on any atom is -0.343 e. The molecule has 8 heteroatoms. The molecule has 0 atom stereocenters. The molecule has 4 rings (SSSR count). The minimum absolute atomic E-state index is 0.0851. The first kappa shape index (κ1) is 21.1. The van der Waals surface area contributed by atoms with Crippen LogP contribution in [0.25, 0.3) is 6.08 Å². The second-order valence-corrected chi connectivity index (χ2v) is 9.72. The topological polar surface area (TPSA) is 70.1 Å². The number of rotatable bonds is 4. The average Bonchev–Trinajstić information content (AvgIpc) is 3.04. The van der Waals surface area contributed by atoms with Gasteiger partial charge >= 0.3 is 0 Å². The number of para-hydroxylation sites is 1. The van der Waals surface area contributed by atoms with Crippen LogP contribution in [0.4, 0.5) is 5.69 Å². The van der Waals surface area contributed by atoms with E-state index in [1.165, 1.54) is 17.0 Å². The lowest BCUT2D eigenvalue weighted by molar-refractivity contribution is -0.121. The van der Waals surface area contributed by atoms with Crippen molar-refractivity contribution in [3.05, 3.63) is 89.0 Å². The van der Waals surface area contributed by atoms with Gasteiger partial charge in [0.15, 0.2) is 5.17 Å². The number of aryl methyl sites for hydroxylation is 1. The number of thioether (sulfide) groups is 1. The monoisotopic (exact) mass is 451 g/mol. The van der Waals surface area contributed by atoms with Gasteiger partial charge in [-0.15, -0.1) is 11.0 Å². The molecule has 31 heavy (non-hydrogen) atoms. The fraction of sp³-hybridized carbons (Fsp3) is 0.130. The average molecular weight is 452 g/mol. The van der Waals surface area contributed by atoms with Crippen molar-refractivity contribution >= 4 is 44.6 Å². The molecule has 1 saturated heterocycles. The number of likely N-dealkylation sites (N-methyl/N-ethyl adjacent to an activating group) is 1. The number of allylic oxidation sites excluding steroid dienone is 1. The second-order valence-electron chi connectivity index (χ2n) is 7.13. The lowest BCUT2D eigenvalue weighted by Crippen LogP contribution is -2.31. The molecule has 1 amide bonds. The van der Waals surface area contributed by atoms with Crippen molar-refractivity contribution in [2.24, 2.45) is 4.40 Å². The van der Waals surface area contributed by atoms with Gasteiger partial charge in [0.2, 0.25) is 0 Å². The minimum atomic E-state index is -3.97. The lowest BCUT2D eigenvalue weighted by Gasteiger charge is -2.27. The maximum atomic E-state index is 13.2. The van der Waals surface area contributed by atoms with Crippen LogP contribution in [-0.4, -0.2) is 38.0 Å². The summed E-state index contributed by atoms with van der Waals surface area (Å²) >= 11 is 1.06. The van der Waals surface area contributed by atoms with Gasteiger partial charge in [0.05, 0.1) is 10.6 Å². The molecule has 0 unspecified atom stereocenters. The van der Waals surface area contributed by atoms with Crippen LogP contribution >= 0.6 is 11.8 Å². The first-order valence-corrected chi connectivity index (χ1v) is 11.8. The van der Waals surface area contributed by atoms with E-state index in [0.717, 1.165) is 28.6 Å². The maximum absolute atomic E-state index is 13.2. The van der Waals surface area contributed by atoms with Gasteiger partial charge in [0.25, 0.3) is 15.9 Å². The molecule has 0 N–H and O–H groups in total. The molecule has 2 aromatic rings. The number of hydrogen-bond acceptors (Lipinski definition) is 5. The number of fused-ring (bicyclic) bond motifs is 1. The molecule has 0 spiro atoms. The number of anilines is 1. The highest BCUT2D eigenvalue weighted by atomic mass is 32.2. The Bertz CT molecular complexity index is 1260. The van der Waals surface area contributed by atoms with E-state index in [9.17, 15) is 13.2 Å². The van der Waals surface area contributed by atoms with E-state index in [1.54, 1.807) is 18.2 Å². The number of amidine groups is 1. The van der Waals surface area contributed by atoms with E-state index in [2.05, 4.69) is 11.0 Å². The van der Waals surface area contributed by atoms with Gasteiger partial charge in [-0.1, -0.05) is 48.0 Å². The molecule has 0 radical (unpaired) electrons. The zero-order valence-corrected chi connectivity index (χ0v) is 18.8. The number of amides is 1. The first-order chi connectivity index (χ1) is 14.8. The summed E-state index contributed by atoms with van der Waals surface area (Å²) in [5, 5.41) is 0.119. The SMILES string of the molecule is C=CCN1C(=O)/C(=C2\C=Cc3ccccc3N2C)S/C1=N/S(=O)(=O)c1ccc(C)cc1. The summed E-state index contributed by atoms with van der Waals surface area (Å²) in [6.45, 7) is 5.73. The molecular weight excluding hydrogens is 430 g/mol. The number of carbonyl (C=O) groups is 1. The third-order valence-corrected chi connectivity index (χ3v) is 7.48. The molecule has 2 heterocycles. The van der Waals surface area contributed by atoms with E-state index >= 15 is 0 Å². The Morgan fingerprint density at radius 1 is 1.10 bits per heavy atom. The largest absolute Gasteiger partial charge is 0.343 e. The van der Waals surface area contributed by atoms with Crippen LogP contribution in [-0.2, 0) is 14.8 Å². The summed E-state index contributed by atoms with van der Waals surface area (Å²) in [5.41, 5.74) is 3.66. The van der Waals surface area contributed by atoms with Gasteiger partial charge in [0, 0.05) is 19.3 Å². The highest BCUT2D eigenvalue weighted by Gasteiger charge is 2.37. The Morgan fingerprint density at radius 3 is 2.52 bits per heavy atom. The lowest BCUT2D eigenvalue weighted by atomic mass is 10.1. The van der Waals surface area contributed by atoms with Gasteiger partial charge in [0.1, 0.15) is 4.91 Å². The van der Waals surface area contributed by atoms with Crippen LogP contribution in [0, 0.1) is 6.92 Å². The molecule has 6 nitrogen and oxygen atoms in total. The molecular formula is C23H21N3O3S2. The van der Waals surface area contributed by atoms with Gasteiger partial charge in [-0.05, 0) is 48.5 Å². The van der Waals surface area contributed by atoms with E-state index in [4.69, 9.17) is 0 Å². The highest BCUT2D eigenvalue weighted by Crippen LogP contribution is 2.39. The number of hydrogen-bond donors (Lipinski definition) is 0. The smallest absolute Gasteiger partial charge is 0.284 e. The summed E-state index contributed by atoms with van der Waals surface area (Å²) in [6.07, 6.45) is 5.36. The molecule has 0 bridgehead atoms. The van der Waals surface area contributed by atoms with Crippen molar-refractivity contribution < 1.29 is 13.2 Å². The number of sulfonamides is 1. The molecule has 1 fully saturated rings. The first-order valence-electron chi connectivity index (χ1n) is 9.59. The van der Waals surface area contributed by atoms with Crippen molar-refractivity contribution in [3.63, 3.8) is 0 Å². The Kier molecular flexibility index (Phi) is 5.60. The van der Waals surface area contributed by atoms with Crippen molar-refractivity contribution in [1.29, 1.82) is 0 Å². The van der Waals surface area contributed by atoms with E-state index < -0.39 is 10.0 Å². The Morgan fingerprint density at radius 2 is 1.81 bits per heavy atom. The standard InChI is InChI=1S/C23H21N3O3S2/c1-4-15-26-22(27)21(20-14-11-17-7-5-6-8-19(17)25(20)3)30-23(26)24-31(28,29)18-12-9-16(2)10-13-18/h4-14H,1,15H2,2-3H3/b21-20-,24-23+. The molecule has 2 aliphatic heterocycles. The Labute approximate surface area is 186 Å². The van der Waals surface area contributed by atoms with Crippen LogP contribution in [0.3, 0.4) is 0 Å².